The summed E-state index contributed by atoms with van der Waals surface area (Å²) in [6.07, 6.45) is 2.90. The zero-order chi connectivity index (χ0) is 20.1. The highest BCUT2D eigenvalue weighted by Crippen LogP contribution is 2.25. The Labute approximate surface area is 170 Å². The van der Waals surface area contributed by atoms with Gasteiger partial charge in [-0.25, -0.2) is 0 Å². The number of carbonyl (C=O) groups excluding carboxylic acids is 3. The van der Waals surface area contributed by atoms with Gasteiger partial charge in [0.1, 0.15) is 0 Å². The molecule has 152 valence electrons. The number of esters is 1. The van der Waals surface area contributed by atoms with Crippen molar-refractivity contribution in [2.75, 3.05) is 32.8 Å². The Hall–Kier alpha value is -2.08. The fourth-order valence-corrected chi connectivity index (χ4v) is 4.12. The monoisotopic (exact) mass is 406 g/mol. The van der Waals surface area contributed by atoms with Gasteiger partial charge in [-0.1, -0.05) is 11.6 Å². The zero-order valence-corrected chi connectivity index (χ0v) is 17.0. The van der Waals surface area contributed by atoms with Gasteiger partial charge in [-0.3, -0.25) is 14.4 Å². The molecule has 2 aliphatic rings. The van der Waals surface area contributed by atoms with Crippen LogP contribution in [0.15, 0.2) is 24.3 Å². The van der Waals surface area contributed by atoms with Crippen LogP contribution in [0.5, 0.6) is 0 Å². The first kappa shape index (κ1) is 20.6. The maximum atomic E-state index is 12.9. The van der Waals surface area contributed by atoms with E-state index >= 15 is 0 Å². The van der Waals surface area contributed by atoms with E-state index in [1.165, 1.54) is 0 Å². The Balaban J connectivity index is 1.52. The van der Waals surface area contributed by atoms with E-state index < -0.39 is 0 Å². The molecule has 1 aromatic rings. The largest absolute Gasteiger partial charge is 0.466 e. The summed E-state index contributed by atoms with van der Waals surface area (Å²) in [7, 11) is 0. The molecular weight excluding hydrogens is 380 g/mol. The summed E-state index contributed by atoms with van der Waals surface area (Å²) >= 11 is 5.88. The number of ether oxygens (including phenoxy) is 1. The van der Waals surface area contributed by atoms with Crippen LogP contribution in [0, 0.1) is 11.8 Å². The molecule has 6 nitrogen and oxygen atoms in total. The highest BCUT2D eigenvalue weighted by Gasteiger charge is 2.34. The predicted molar refractivity (Wildman–Crippen MR) is 106 cm³/mol. The number of nitrogens with zero attached hydrogens (tertiary/aromatic N) is 2. The van der Waals surface area contributed by atoms with Gasteiger partial charge in [-0.2, -0.15) is 0 Å². The minimum atomic E-state index is -0.218. The van der Waals surface area contributed by atoms with Crippen molar-refractivity contribution in [3.8, 4) is 0 Å². The molecule has 2 aliphatic heterocycles. The second-order valence-electron chi connectivity index (χ2n) is 7.45. The van der Waals surface area contributed by atoms with E-state index in [2.05, 4.69) is 0 Å². The van der Waals surface area contributed by atoms with Crippen LogP contribution < -0.4 is 0 Å². The van der Waals surface area contributed by atoms with Crippen LogP contribution in [0.2, 0.25) is 5.02 Å². The van der Waals surface area contributed by atoms with Gasteiger partial charge in [-0.15, -0.1) is 0 Å². The fourth-order valence-electron chi connectivity index (χ4n) is 3.99. The number of benzene rings is 1. The predicted octanol–water partition coefficient (Wildman–Crippen LogP) is 2.99. The Morgan fingerprint density at radius 1 is 1.00 bits per heavy atom. The van der Waals surface area contributed by atoms with E-state index in [1.807, 2.05) is 4.90 Å². The van der Waals surface area contributed by atoms with Crippen molar-refractivity contribution in [2.45, 2.75) is 32.6 Å². The minimum absolute atomic E-state index is 0.0251. The van der Waals surface area contributed by atoms with Crippen molar-refractivity contribution in [3.63, 3.8) is 0 Å². The third kappa shape index (κ3) is 4.85. The number of piperidine rings is 2. The van der Waals surface area contributed by atoms with Crippen LogP contribution in [0.25, 0.3) is 0 Å². The Bertz CT molecular complexity index is 714. The topological polar surface area (TPSA) is 66.9 Å². The molecule has 0 aliphatic carbocycles. The summed E-state index contributed by atoms with van der Waals surface area (Å²) in [6.45, 7) is 4.42. The van der Waals surface area contributed by atoms with E-state index in [0.717, 1.165) is 12.8 Å². The third-order valence-corrected chi connectivity index (χ3v) is 5.83. The fraction of sp³-hybridized carbons (Fsp3) is 0.571. The van der Waals surface area contributed by atoms with Gasteiger partial charge in [0.05, 0.1) is 12.5 Å². The van der Waals surface area contributed by atoms with E-state index in [1.54, 1.807) is 36.1 Å². The van der Waals surface area contributed by atoms with Gasteiger partial charge in [-0.05, 0) is 56.9 Å². The van der Waals surface area contributed by atoms with Crippen molar-refractivity contribution in [3.05, 3.63) is 34.9 Å². The first-order valence-corrected chi connectivity index (χ1v) is 10.4. The van der Waals surface area contributed by atoms with Gasteiger partial charge < -0.3 is 14.5 Å². The Morgan fingerprint density at radius 3 is 2.32 bits per heavy atom. The molecule has 7 heteroatoms. The standard InChI is InChI=1S/C21H27ClN2O4/c1-2-28-21(27)17-4-3-11-24(14-17)20(26)16-9-12-23(13-10-16)19(25)15-5-7-18(22)8-6-15/h5-8,16-17H,2-4,9-14H2,1H3. The highest BCUT2D eigenvalue weighted by atomic mass is 35.5. The lowest BCUT2D eigenvalue weighted by atomic mass is 9.92. The molecule has 2 amide bonds. The van der Waals surface area contributed by atoms with Crippen molar-refractivity contribution < 1.29 is 19.1 Å². The van der Waals surface area contributed by atoms with Gasteiger partial charge in [0, 0.05) is 42.7 Å². The molecule has 2 fully saturated rings. The first-order valence-electron chi connectivity index (χ1n) is 10.00. The molecule has 0 aromatic heterocycles. The smallest absolute Gasteiger partial charge is 0.310 e. The second kappa shape index (κ2) is 9.41. The van der Waals surface area contributed by atoms with Crippen molar-refractivity contribution >= 4 is 29.4 Å². The lowest BCUT2D eigenvalue weighted by molar-refractivity contribution is -0.152. The van der Waals surface area contributed by atoms with E-state index in [-0.39, 0.29) is 29.6 Å². The molecule has 0 N–H and O–H groups in total. The van der Waals surface area contributed by atoms with Crippen LogP contribution in [0.4, 0.5) is 0 Å². The van der Waals surface area contributed by atoms with Crippen molar-refractivity contribution in [2.24, 2.45) is 11.8 Å². The van der Waals surface area contributed by atoms with Crippen LogP contribution in [-0.4, -0.2) is 60.4 Å². The molecule has 3 rings (SSSR count). The van der Waals surface area contributed by atoms with Gasteiger partial charge in [0.15, 0.2) is 0 Å². The molecule has 1 unspecified atom stereocenters. The molecule has 0 bridgehead atoms. The van der Waals surface area contributed by atoms with Gasteiger partial charge in [0.25, 0.3) is 5.91 Å². The van der Waals surface area contributed by atoms with Crippen molar-refractivity contribution in [1.82, 2.24) is 9.80 Å². The number of rotatable bonds is 4. The number of amides is 2. The molecule has 28 heavy (non-hydrogen) atoms. The summed E-state index contributed by atoms with van der Waals surface area (Å²) < 4.78 is 5.12. The van der Waals surface area contributed by atoms with Crippen LogP contribution in [-0.2, 0) is 14.3 Å². The van der Waals surface area contributed by atoms with Crippen molar-refractivity contribution in [1.29, 1.82) is 0 Å². The quantitative estimate of drug-likeness (QED) is 0.721. The van der Waals surface area contributed by atoms with Crippen LogP contribution >= 0.6 is 11.6 Å². The average Bonchev–Trinajstić information content (AvgIpc) is 2.73. The second-order valence-corrected chi connectivity index (χ2v) is 7.89. The average molecular weight is 407 g/mol. The molecule has 1 aromatic carbocycles. The van der Waals surface area contributed by atoms with E-state index in [9.17, 15) is 14.4 Å². The minimum Gasteiger partial charge on any atom is -0.466 e. The molecule has 1 atom stereocenters. The molecule has 0 saturated carbocycles. The van der Waals surface area contributed by atoms with Gasteiger partial charge in [0.2, 0.25) is 5.91 Å². The molecule has 0 radical (unpaired) electrons. The van der Waals surface area contributed by atoms with Crippen LogP contribution in [0.3, 0.4) is 0 Å². The molecule has 2 saturated heterocycles. The first-order chi connectivity index (χ1) is 13.5. The molecule has 0 spiro atoms. The number of likely N-dealkylation sites (tertiary alicyclic amines) is 2. The summed E-state index contributed by atoms with van der Waals surface area (Å²) in [5, 5.41) is 0.600. The summed E-state index contributed by atoms with van der Waals surface area (Å²) in [4.78, 5) is 41.1. The molecular formula is C21H27ClN2O4. The maximum absolute atomic E-state index is 12.9. The molecule has 2 heterocycles. The number of hydrogen-bond acceptors (Lipinski definition) is 4. The SMILES string of the molecule is CCOC(=O)C1CCCN(C(=O)C2CCN(C(=O)c3ccc(Cl)cc3)CC2)C1. The number of hydrogen-bond donors (Lipinski definition) is 0. The summed E-state index contributed by atoms with van der Waals surface area (Å²) in [5.74, 6) is -0.432. The zero-order valence-electron chi connectivity index (χ0n) is 16.2. The maximum Gasteiger partial charge on any atom is 0.310 e. The lowest BCUT2D eigenvalue weighted by Gasteiger charge is -2.37. The highest BCUT2D eigenvalue weighted by molar-refractivity contribution is 6.30. The Morgan fingerprint density at radius 2 is 1.68 bits per heavy atom. The summed E-state index contributed by atoms with van der Waals surface area (Å²) in [6, 6.07) is 6.87. The Kier molecular flexibility index (Phi) is 6.94. The normalized spacial score (nSPS) is 20.7. The third-order valence-electron chi connectivity index (χ3n) is 5.58. The summed E-state index contributed by atoms with van der Waals surface area (Å²) in [5.41, 5.74) is 0.613. The number of halogens is 1. The van der Waals surface area contributed by atoms with E-state index in [0.29, 0.717) is 56.2 Å². The lowest BCUT2D eigenvalue weighted by Crippen LogP contribution is -2.48. The van der Waals surface area contributed by atoms with E-state index in [4.69, 9.17) is 16.3 Å². The van der Waals surface area contributed by atoms with Gasteiger partial charge >= 0.3 is 5.97 Å². The van der Waals surface area contributed by atoms with Crippen LogP contribution in [0.1, 0.15) is 43.0 Å². The number of carbonyl (C=O) groups is 3.